The average Bonchev–Trinajstić information content (AvgIpc) is 2.30. The molecule has 3 heteroatoms. The third-order valence-electron chi connectivity index (χ3n) is 3.49. The summed E-state index contributed by atoms with van der Waals surface area (Å²) in [4.78, 5) is 14.6. The van der Waals surface area contributed by atoms with Crippen LogP contribution in [0.15, 0.2) is 24.3 Å². The fourth-order valence-corrected chi connectivity index (χ4v) is 2.45. The highest BCUT2D eigenvalue weighted by Gasteiger charge is 2.32. The van der Waals surface area contributed by atoms with Gasteiger partial charge >= 0.3 is 0 Å². The van der Waals surface area contributed by atoms with Crippen molar-refractivity contribution in [3.05, 3.63) is 34.9 Å². The van der Waals surface area contributed by atoms with Gasteiger partial charge in [-0.15, -0.1) is 0 Å². The Morgan fingerprint density at radius 2 is 1.89 bits per heavy atom. The van der Waals surface area contributed by atoms with E-state index in [0.717, 1.165) is 18.7 Å². The standard InChI is InChI=1S/C15H22ClNO/c1-5-17(6-2)15(3,4)14(18)11-12-8-7-9-13(16)10-12/h7-10H,5-6,11H2,1-4H3. The highest BCUT2D eigenvalue weighted by molar-refractivity contribution is 6.30. The SMILES string of the molecule is CCN(CC)C(C)(C)C(=O)Cc1cccc(Cl)c1. The number of rotatable bonds is 6. The van der Waals surface area contributed by atoms with Gasteiger partial charge in [0.15, 0.2) is 5.78 Å². The summed E-state index contributed by atoms with van der Waals surface area (Å²) in [6.07, 6.45) is 0.435. The van der Waals surface area contributed by atoms with E-state index in [1.165, 1.54) is 0 Å². The number of benzene rings is 1. The first-order valence-corrected chi connectivity index (χ1v) is 6.82. The summed E-state index contributed by atoms with van der Waals surface area (Å²) in [6.45, 7) is 9.91. The first-order valence-electron chi connectivity index (χ1n) is 6.44. The molecule has 0 aliphatic heterocycles. The number of carbonyl (C=O) groups excluding carboxylic acids is 1. The lowest BCUT2D eigenvalue weighted by Gasteiger charge is -2.35. The van der Waals surface area contributed by atoms with Gasteiger partial charge in [-0.1, -0.05) is 37.6 Å². The monoisotopic (exact) mass is 267 g/mol. The molecular weight excluding hydrogens is 246 g/mol. The van der Waals surface area contributed by atoms with Crippen LogP contribution < -0.4 is 0 Å². The van der Waals surface area contributed by atoms with Crippen LogP contribution in [0.1, 0.15) is 33.3 Å². The normalized spacial score (nSPS) is 11.9. The lowest BCUT2D eigenvalue weighted by molar-refractivity contribution is -0.128. The molecule has 1 rings (SSSR count). The van der Waals surface area contributed by atoms with Crippen LogP contribution >= 0.6 is 11.6 Å². The average molecular weight is 268 g/mol. The van der Waals surface area contributed by atoms with E-state index < -0.39 is 5.54 Å². The zero-order valence-electron chi connectivity index (χ0n) is 11.7. The van der Waals surface area contributed by atoms with Crippen LogP contribution in [0.2, 0.25) is 5.02 Å². The Morgan fingerprint density at radius 3 is 2.39 bits per heavy atom. The van der Waals surface area contributed by atoms with Crippen molar-refractivity contribution in [2.24, 2.45) is 0 Å². The summed E-state index contributed by atoms with van der Waals surface area (Å²) in [7, 11) is 0. The summed E-state index contributed by atoms with van der Waals surface area (Å²) in [5.41, 5.74) is 0.555. The summed E-state index contributed by atoms with van der Waals surface area (Å²) >= 11 is 5.94. The molecule has 0 fully saturated rings. The third kappa shape index (κ3) is 3.56. The Morgan fingerprint density at radius 1 is 1.28 bits per heavy atom. The van der Waals surface area contributed by atoms with Crippen molar-refractivity contribution in [2.75, 3.05) is 13.1 Å². The number of carbonyl (C=O) groups is 1. The Kier molecular flexibility index (Phi) is 5.36. The molecule has 1 aromatic carbocycles. The van der Waals surface area contributed by atoms with Crippen molar-refractivity contribution in [3.8, 4) is 0 Å². The Bertz CT molecular complexity index is 411. The van der Waals surface area contributed by atoms with Crippen molar-refractivity contribution in [2.45, 2.75) is 39.7 Å². The van der Waals surface area contributed by atoms with E-state index in [1.54, 1.807) is 0 Å². The molecule has 0 N–H and O–H groups in total. The number of hydrogen-bond donors (Lipinski definition) is 0. The Balaban J connectivity index is 2.81. The molecule has 0 aromatic heterocycles. The zero-order chi connectivity index (χ0) is 13.8. The molecule has 0 saturated carbocycles. The van der Waals surface area contributed by atoms with Gasteiger partial charge in [0.2, 0.25) is 0 Å². The Labute approximate surface area is 115 Å². The molecular formula is C15H22ClNO. The van der Waals surface area contributed by atoms with Gasteiger partial charge in [-0.25, -0.2) is 0 Å². The topological polar surface area (TPSA) is 20.3 Å². The summed E-state index contributed by atoms with van der Waals surface area (Å²) in [5.74, 6) is 0.230. The minimum atomic E-state index is -0.425. The highest BCUT2D eigenvalue weighted by atomic mass is 35.5. The third-order valence-corrected chi connectivity index (χ3v) is 3.73. The Hall–Kier alpha value is -0.860. The number of ketones is 1. The minimum Gasteiger partial charge on any atom is -0.297 e. The van der Waals surface area contributed by atoms with Gasteiger partial charge in [-0.3, -0.25) is 9.69 Å². The van der Waals surface area contributed by atoms with Gasteiger partial charge in [-0.05, 0) is 44.6 Å². The molecule has 0 aliphatic carbocycles. The molecule has 100 valence electrons. The van der Waals surface area contributed by atoms with Gasteiger partial charge in [0.1, 0.15) is 0 Å². The molecule has 2 nitrogen and oxygen atoms in total. The lowest BCUT2D eigenvalue weighted by atomic mass is 9.91. The largest absolute Gasteiger partial charge is 0.297 e. The summed E-state index contributed by atoms with van der Waals surface area (Å²) in [5, 5.41) is 0.681. The molecule has 0 radical (unpaired) electrons. The number of likely N-dealkylation sites (N-methyl/N-ethyl adjacent to an activating group) is 1. The predicted molar refractivity (Wildman–Crippen MR) is 77.2 cm³/mol. The molecule has 0 heterocycles. The number of hydrogen-bond acceptors (Lipinski definition) is 2. The van der Waals surface area contributed by atoms with E-state index in [9.17, 15) is 4.79 Å². The first-order chi connectivity index (χ1) is 8.41. The molecule has 0 bridgehead atoms. The molecule has 0 unspecified atom stereocenters. The van der Waals surface area contributed by atoms with Crippen LogP contribution in [0.3, 0.4) is 0 Å². The maximum atomic E-state index is 12.4. The molecule has 0 amide bonds. The maximum Gasteiger partial charge on any atom is 0.156 e. The van der Waals surface area contributed by atoms with Crippen LogP contribution in [0.4, 0.5) is 0 Å². The van der Waals surface area contributed by atoms with Gasteiger partial charge in [0, 0.05) is 11.4 Å². The molecule has 0 saturated heterocycles. The summed E-state index contributed by atoms with van der Waals surface area (Å²) < 4.78 is 0. The van der Waals surface area contributed by atoms with E-state index in [1.807, 2.05) is 38.1 Å². The van der Waals surface area contributed by atoms with Crippen LogP contribution in [0.5, 0.6) is 0 Å². The number of nitrogens with zero attached hydrogens (tertiary/aromatic N) is 1. The van der Waals surface area contributed by atoms with E-state index in [4.69, 9.17) is 11.6 Å². The van der Waals surface area contributed by atoms with Gasteiger partial charge in [-0.2, -0.15) is 0 Å². The lowest BCUT2D eigenvalue weighted by Crippen LogP contribution is -2.50. The van der Waals surface area contributed by atoms with E-state index >= 15 is 0 Å². The zero-order valence-corrected chi connectivity index (χ0v) is 12.4. The second kappa shape index (κ2) is 6.35. The van der Waals surface area contributed by atoms with Crippen molar-refractivity contribution in [1.82, 2.24) is 4.90 Å². The smallest absolute Gasteiger partial charge is 0.156 e. The van der Waals surface area contributed by atoms with Crippen molar-refractivity contribution in [1.29, 1.82) is 0 Å². The highest BCUT2D eigenvalue weighted by Crippen LogP contribution is 2.19. The van der Waals surface area contributed by atoms with E-state index in [0.29, 0.717) is 11.4 Å². The molecule has 0 spiro atoms. The second-order valence-electron chi connectivity index (χ2n) is 4.96. The molecule has 18 heavy (non-hydrogen) atoms. The molecule has 1 aromatic rings. The van der Waals surface area contributed by atoms with Crippen molar-refractivity contribution in [3.63, 3.8) is 0 Å². The number of Topliss-reactive ketones (excluding diaryl/α,β-unsaturated/α-hetero) is 1. The maximum absolute atomic E-state index is 12.4. The second-order valence-corrected chi connectivity index (χ2v) is 5.40. The first kappa shape index (κ1) is 15.2. The fraction of sp³-hybridized carbons (Fsp3) is 0.533. The van der Waals surface area contributed by atoms with Crippen LogP contribution in [0, 0.1) is 0 Å². The van der Waals surface area contributed by atoms with Crippen LogP contribution in [0.25, 0.3) is 0 Å². The predicted octanol–water partition coefficient (Wildman–Crippen LogP) is 3.57. The van der Waals surface area contributed by atoms with Crippen LogP contribution in [-0.4, -0.2) is 29.3 Å². The summed E-state index contributed by atoms with van der Waals surface area (Å²) in [6, 6.07) is 7.51. The molecule has 0 atom stereocenters. The van der Waals surface area contributed by atoms with Crippen molar-refractivity contribution < 1.29 is 4.79 Å². The van der Waals surface area contributed by atoms with Gasteiger partial charge < -0.3 is 0 Å². The fourth-order valence-electron chi connectivity index (χ4n) is 2.24. The minimum absolute atomic E-state index is 0.230. The van der Waals surface area contributed by atoms with Gasteiger partial charge in [0.05, 0.1) is 5.54 Å². The number of halogens is 1. The van der Waals surface area contributed by atoms with Crippen LogP contribution in [-0.2, 0) is 11.2 Å². The van der Waals surface area contributed by atoms with Gasteiger partial charge in [0.25, 0.3) is 0 Å². The van der Waals surface area contributed by atoms with E-state index in [2.05, 4.69) is 18.7 Å². The molecule has 0 aliphatic rings. The van der Waals surface area contributed by atoms with Crippen molar-refractivity contribution >= 4 is 17.4 Å². The quantitative estimate of drug-likeness (QED) is 0.785. The van der Waals surface area contributed by atoms with E-state index in [-0.39, 0.29) is 5.78 Å².